The van der Waals surface area contributed by atoms with Crippen LogP contribution in [0.4, 0.5) is 8.78 Å². The molecule has 2 aromatic carbocycles. The highest BCUT2D eigenvalue weighted by Crippen LogP contribution is 2.29. The number of aliphatic hydroxyl groups excluding tert-OH is 2. The molecule has 3 N–H and O–H groups in total. The zero-order chi connectivity index (χ0) is 27.1. The van der Waals surface area contributed by atoms with Gasteiger partial charge >= 0.3 is 0 Å². The molecule has 0 bridgehead atoms. The van der Waals surface area contributed by atoms with Crippen LogP contribution < -0.4 is 14.8 Å². The van der Waals surface area contributed by atoms with E-state index in [1.807, 2.05) is 18.2 Å². The Balaban J connectivity index is 1.40. The van der Waals surface area contributed by atoms with E-state index in [-0.39, 0.29) is 24.7 Å². The summed E-state index contributed by atoms with van der Waals surface area (Å²) < 4.78 is 44.8. The molecule has 10 heteroatoms. The van der Waals surface area contributed by atoms with Crippen LogP contribution in [0.5, 0.6) is 11.5 Å². The molecule has 0 radical (unpaired) electrons. The maximum Gasteiger partial charge on any atom is 0.244 e. The molecule has 4 atom stereocenters. The number of fused-ring (bicyclic) bond motifs is 1. The minimum atomic E-state index is -1.03. The SMILES string of the molecule is COc1ccc2nccc(OC[C@@H]3CC[C@@H](NC(=O)C=Cc4cc(F)ccc4F)[C@@H](C[C@@H](O)CO)O3)c2c1. The molecule has 2 heterocycles. The maximum atomic E-state index is 13.8. The number of methoxy groups -OCH3 is 1. The monoisotopic (exact) mass is 528 g/mol. The minimum Gasteiger partial charge on any atom is -0.497 e. The number of rotatable bonds is 10. The fourth-order valence-corrected chi connectivity index (χ4v) is 4.39. The highest BCUT2D eigenvalue weighted by molar-refractivity contribution is 5.92. The van der Waals surface area contributed by atoms with Gasteiger partial charge in [-0.25, -0.2) is 8.78 Å². The minimum absolute atomic E-state index is 0.0502. The molecule has 0 aliphatic carbocycles. The lowest BCUT2D eigenvalue weighted by Crippen LogP contribution is -2.51. The van der Waals surface area contributed by atoms with Gasteiger partial charge in [-0.2, -0.15) is 0 Å². The van der Waals surface area contributed by atoms with E-state index < -0.39 is 42.4 Å². The Morgan fingerprint density at radius 2 is 2.08 bits per heavy atom. The molecule has 1 aromatic heterocycles. The van der Waals surface area contributed by atoms with Crippen molar-refractivity contribution in [3.05, 3.63) is 71.9 Å². The van der Waals surface area contributed by atoms with Gasteiger partial charge in [-0.1, -0.05) is 0 Å². The van der Waals surface area contributed by atoms with E-state index in [4.69, 9.17) is 14.2 Å². The first-order chi connectivity index (χ1) is 18.4. The van der Waals surface area contributed by atoms with Crippen molar-refractivity contribution in [1.82, 2.24) is 10.3 Å². The molecular weight excluding hydrogens is 498 g/mol. The molecule has 1 fully saturated rings. The predicted molar refractivity (Wildman–Crippen MR) is 137 cm³/mol. The number of pyridine rings is 1. The zero-order valence-corrected chi connectivity index (χ0v) is 20.8. The number of aromatic nitrogens is 1. The number of nitrogens with zero attached hydrogens (tertiary/aromatic N) is 1. The molecule has 1 aliphatic heterocycles. The van der Waals surface area contributed by atoms with Crippen LogP contribution in [0.3, 0.4) is 0 Å². The summed E-state index contributed by atoms with van der Waals surface area (Å²) in [5.41, 5.74) is 0.705. The molecule has 1 saturated heterocycles. The van der Waals surface area contributed by atoms with Crippen LogP contribution in [0.2, 0.25) is 0 Å². The van der Waals surface area contributed by atoms with Gasteiger partial charge < -0.3 is 29.7 Å². The third kappa shape index (κ3) is 7.03. The van der Waals surface area contributed by atoms with E-state index in [0.717, 1.165) is 35.2 Å². The van der Waals surface area contributed by atoms with Crippen LogP contribution in [0, 0.1) is 11.6 Å². The highest BCUT2D eigenvalue weighted by Gasteiger charge is 2.33. The second kappa shape index (κ2) is 12.8. The molecule has 0 unspecified atom stereocenters. The number of benzene rings is 2. The Kier molecular flexibility index (Phi) is 9.22. The summed E-state index contributed by atoms with van der Waals surface area (Å²) in [6.07, 6.45) is 3.18. The number of ether oxygens (including phenoxy) is 3. The third-order valence-corrected chi connectivity index (χ3v) is 6.36. The first-order valence-corrected chi connectivity index (χ1v) is 12.3. The molecule has 38 heavy (non-hydrogen) atoms. The molecule has 0 spiro atoms. The smallest absolute Gasteiger partial charge is 0.244 e. The predicted octanol–water partition coefficient (Wildman–Crippen LogP) is 3.39. The van der Waals surface area contributed by atoms with Crippen LogP contribution in [0.1, 0.15) is 24.8 Å². The van der Waals surface area contributed by atoms with E-state index >= 15 is 0 Å². The van der Waals surface area contributed by atoms with Crippen molar-refractivity contribution < 1.29 is 38.0 Å². The van der Waals surface area contributed by atoms with E-state index in [0.29, 0.717) is 24.3 Å². The summed E-state index contributed by atoms with van der Waals surface area (Å²) in [6, 6.07) is 9.78. The van der Waals surface area contributed by atoms with E-state index in [2.05, 4.69) is 10.3 Å². The fourth-order valence-electron chi connectivity index (χ4n) is 4.39. The van der Waals surface area contributed by atoms with Crippen molar-refractivity contribution >= 4 is 22.9 Å². The Hall–Kier alpha value is -3.60. The van der Waals surface area contributed by atoms with E-state index in [1.54, 1.807) is 19.4 Å². The van der Waals surface area contributed by atoms with Crippen LogP contribution in [-0.2, 0) is 9.53 Å². The van der Waals surface area contributed by atoms with Crippen LogP contribution in [0.25, 0.3) is 17.0 Å². The summed E-state index contributed by atoms with van der Waals surface area (Å²) in [7, 11) is 1.58. The average molecular weight is 529 g/mol. The molecule has 8 nitrogen and oxygen atoms in total. The summed E-state index contributed by atoms with van der Waals surface area (Å²) >= 11 is 0. The Bertz CT molecular complexity index is 1290. The van der Waals surface area contributed by atoms with Crippen molar-refractivity contribution in [2.45, 2.75) is 43.6 Å². The lowest BCUT2D eigenvalue weighted by Gasteiger charge is -2.37. The second-order valence-electron chi connectivity index (χ2n) is 9.06. The normalized spacial score (nSPS) is 20.4. The number of amides is 1. The third-order valence-electron chi connectivity index (χ3n) is 6.36. The average Bonchev–Trinajstić information content (AvgIpc) is 2.93. The van der Waals surface area contributed by atoms with Crippen molar-refractivity contribution in [2.24, 2.45) is 0 Å². The lowest BCUT2D eigenvalue weighted by molar-refractivity contribution is -0.126. The Labute approximate surface area is 218 Å². The first kappa shape index (κ1) is 27.4. The summed E-state index contributed by atoms with van der Waals surface area (Å²) in [6.45, 7) is -0.229. The van der Waals surface area contributed by atoms with Gasteiger partial charge in [0, 0.05) is 29.6 Å². The highest BCUT2D eigenvalue weighted by atomic mass is 19.1. The standard InChI is InChI=1S/C28H30F2N2O6/c1-36-20-4-7-24-22(14-20)26(10-11-31-24)37-16-21-5-8-25(27(38-21)13-19(34)15-33)32-28(35)9-2-17-12-18(29)3-6-23(17)30/h2-4,6-7,9-12,14,19,21,25,27,33-34H,5,8,13,15-16H2,1H3,(H,32,35)/t19-,21+,25-,27-/m1/s1. The van der Waals surface area contributed by atoms with Crippen LogP contribution in [0.15, 0.2) is 54.7 Å². The zero-order valence-electron chi connectivity index (χ0n) is 20.8. The van der Waals surface area contributed by atoms with Gasteiger partial charge in [0.25, 0.3) is 0 Å². The number of carbonyl (C=O) groups is 1. The molecule has 4 rings (SSSR count). The molecule has 1 aliphatic rings. The summed E-state index contributed by atoms with van der Waals surface area (Å²) in [4.78, 5) is 16.9. The molecule has 3 aromatic rings. The van der Waals surface area contributed by atoms with Gasteiger partial charge in [-0.3, -0.25) is 9.78 Å². The number of hydrogen-bond donors (Lipinski definition) is 3. The largest absolute Gasteiger partial charge is 0.497 e. The summed E-state index contributed by atoms with van der Waals surface area (Å²) in [5.74, 6) is -0.483. The second-order valence-corrected chi connectivity index (χ2v) is 9.06. The number of halogens is 2. The first-order valence-electron chi connectivity index (χ1n) is 12.3. The Morgan fingerprint density at radius 3 is 2.87 bits per heavy atom. The van der Waals surface area contributed by atoms with E-state index in [1.165, 1.54) is 6.08 Å². The van der Waals surface area contributed by atoms with Crippen LogP contribution in [-0.4, -0.2) is 65.8 Å². The number of aliphatic hydroxyl groups is 2. The summed E-state index contributed by atoms with van der Waals surface area (Å²) in [5, 5.41) is 23.0. The number of nitrogens with one attached hydrogen (secondary N) is 1. The van der Waals surface area contributed by atoms with Crippen molar-refractivity contribution in [1.29, 1.82) is 0 Å². The van der Waals surface area contributed by atoms with Crippen molar-refractivity contribution in [3.63, 3.8) is 0 Å². The van der Waals surface area contributed by atoms with Gasteiger partial charge in [-0.15, -0.1) is 0 Å². The lowest BCUT2D eigenvalue weighted by atomic mass is 9.94. The van der Waals surface area contributed by atoms with Crippen molar-refractivity contribution in [3.8, 4) is 11.5 Å². The van der Waals surface area contributed by atoms with E-state index in [9.17, 15) is 23.8 Å². The molecular formula is C28H30F2N2O6. The van der Waals surface area contributed by atoms with Gasteiger partial charge in [-0.05, 0) is 61.4 Å². The van der Waals surface area contributed by atoms with Crippen molar-refractivity contribution in [2.75, 3.05) is 20.3 Å². The quantitative estimate of drug-likeness (QED) is 0.346. The van der Waals surface area contributed by atoms with Crippen LogP contribution >= 0.6 is 0 Å². The molecule has 202 valence electrons. The molecule has 1 amide bonds. The topological polar surface area (TPSA) is 110 Å². The molecule has 0 saturated carbocycles. The Morgan fingerprint density at radius 1 is 1.24 bits per heavy atom. The number of hydrogen-bond acceptors (Lipinski definition) is 7. The maximum absolute atomic E-state index is 13.8. The fraction of sp³-hybridized carbons (Fsp3) is 0.357. The number of carbonyl (C=O) groups excluding carboxylic acids is 1. The van der Waals surface area contributed by atoms with Gasteiger partial charge in [0.15, 0.2) is 0 Å². The van der Waals surface area contributed by atoms with Gasteiger partial charge in [0.1, 0.15) is 29.7 Å². The van der Waals surface area contributed by atoms with Gasteiger partial charge in [0.05, 0.1) is 43.6 Å². The van der Waals surface area contributed by atoms with Gasteiger partial charge in [0.2, 0.25) is 5.91 Å².